The molecule has 1 aliphatic rings. The Kier molecular flexibility index (Phi) is 5.71. The van der Waals surface area contributed by atoms with Crippen LogP contribution >= 0.6 is 0 Å². The Bertz CT molecular complexity index is 715. The van der Waals surface area contributed by atoms with Gasteiger partial charge in [0.25, 0.3) is 0 Å². The summed E-state index contributed by atoms with van der Waals surface area (Å²) in [6.07, 6.45) is 1.68. The normalized spacial score (nSPS) is 17.6. The lowest BCUT2D eigenvalue weighted by molar-refractivity contribution is -0.120. The molecule has 2 aromatic carbocycles. The van der Waals surface area contributed by atoms with Crippen LogP contribution in [0, 0.1) is 5.92 Å². The van der Waals surface area contributed by atoms with Crippen LogP contribution in [0.4, 0.5) is 5.69 Å². The lowest BCUT2D eigenvalue weighted by Crippen LogP contribution is -2.44. The van der Waals surface area contributed by atoms with E-state index in [-0.39, 0.29) is 12.0 Å². The molecule has 1 aliphatic heterocycles. The minimum absolute atomic E-state index is 0.148. The smallest absolute Gasteiger partial charge is 0.241 e. The summed E-state index contributed by atoms with van der Waals surface area (Å²) >= 11 is 0. The van der Waals surface area contributed by atoms with E-state index in [0.29, 0.717) is 19.0 Å². The van der Waals surface area contributed by atoms with Crippen molar-refractivity contribution in [3.05, 3.63) is 42.5 Å². The molecule has 0 aliphatic carbocycles. The highest BCUT2D eigenvalue weighted by Crippen LogP contribution is 2.27. The Morgan fingerprint density at radius 2 is 1.88 bits per heavy atom. The molecule has 2 aromatic rings. The molecule has 1 saturated heterocycles. The van der Waals surface area contributed by atoms with Gasteiger partial charge in [0.2, 0.25) is 5.91 Å². The van der Waals surface area contributed by atoms with Gasteiger partial charge in [-0.1, -0.05) is 36.4 Å². The second kappa shape index (κ2) is 7.98. The number of anilines is 1. The Morgan fingerprint density at radius 1 is 1.20 bits per heavy atom. The molecule has 4 heteroatoms. The van der Waals surface area contributed by atoms with Crippen LogP contribution in [0.1, 0.15) is 26.7 Å². The average molecular weight is 340 g/mol. The number of piperidine rings is 1. The van der Waals surface area contributed by atoms with Crippen molar-refractivity contribution in [1.82, 2.24) is 4.90 Å². The lowest BCUT2D eigenvalue weighted by atomic mass is 9.92. The number of aliphatic hydroxyl groups excluding tert-OH is 1. The van der Waals surface area contributed by atoms with E-state index < -0.39 is 0 Å². The molecule has 1 heterocycles. The first-order valence-corrected chi connectivity index (χ1v) is 9.28. The predicted octanol–water partition coefficient (Wildman–Crippen LogP) is 3.29. The third-order valence-electron chi connectivity index (χ3n) is 5.35. The lowest BCUT2D eigenvalue weighted by Gasteiger charge is -2.34. The highest BCUT2D eigenvalue weighted by molar-refractivity contribution is 6.04. The van der Waals surface area contributed by atoms with Gasteiger partial charge in [-0.05, 0) is 57.1 Å². The van der Waals surface area contributed by atoms with Gasteiger partial charge in [-0.15, -0.1) is 0 Å². The van der Waals surface area contributed by atoms with E-state index in [2.05, 4.69) is 23.1 Å². The molecule has 0 aromatic heterocycles. The van der Waals surface area contributed by atoms with E-state index in [1.165, 1.54) is 0 Å². The monoisotopic (exact) mass is 340 g/mol. The summed E-state index contributed by atoms with van der Waals surface area (Å²) in [4.78, 5) is 17.0. The molecule has 1 N–H and O–H groups in total. The summed E-state index contributed by atoms with van der Waals surface area (Å²) < 4.78 is 0. The number of benzene rings is 2. The van der Waals surface area contributed by atoms with Crippen molar-refractivity contribution in [2.24, 2.45) is 5.92 Å². The second-order valence-electron chi connectivity index (χ2n) is 6.99. The van der Waals surface area contributed by atoms with Crippen molar-refractivity contribution in [3.8, 4) is 0 Å². The highest BCUT2D eigenvalue weighted by atomic mass is 16.3. The molecule has 25 heavy (non-hydrogen) atoms. The molecule has 1 fully saturated rings. The quantitative estimate of drug-likeness (QED) is 0.908. The van der Waals surface area contributed by atoms with Crippen molar-refractivity contribution >= 4 is 22.4 Å². The van der Waals surface area contributed by atoms with Gasteiger partial charge >= 0.3 is 0 Å². The van der Waals surface area contributed by atoms with E-state index in [1.807, 2.05) is 43.0 Å². The van der Waals surface area contributed by atoms with Gasteiger partial charge in [-0.2, -0.15) is 0 Å². The first-order chi connectivity index (χ1) is 12.1. The molecular formula is C21H28N2O2. The Balaban J connectivity index is 1.72. The third-order valence-corrected chi connectivity index (χ3v) is 5.35. The number of carbonyl (C=O) groups excluding carboxylic acids is 1. The summed E-state index contributed by atoms with van der Waals surface area (Å²) in [5.74, 6) is 0.515. The number of nitrogens with zero attached hydrogens (tertiary/aromatic N) is 2. The van der Waals surface area contributed by atoms with Gasteiger partial charge in [0.15, 0.2) is 0 Å². The van der Waals surface area contributed by atoms with Crippen molar-refractivity contribution in [1.29, 1.82) is 0 Å². The molecule has 134 valence electrons. The molecule has 3 rings (SSSR count). The number of hydrogen-bond acceptors (Lipinski definition) is 3. The number of hydrogen-bond donors (Lipinski definition) is 1. The van der Waals surface area contributed by atoms with E-state index in [4.69, 9.17) is 0 Å². The van der Waals surface area contributed by atoms with Crippen LogP contribution in [0.5, 0.6) is 0 Å². The van der Waals surface area contributed by atoms with Gasteiger partial charge in [0, 0.05) is 11.9 Å². The second-order valence-corrected chi connectivity index (χ2v) is 6.99. The van der Waals surface area contributed by atoms with Crippen LogP contribution in [-0.4, -0.2) is 48.2 Å². The summed E-state index contributed by atoms with van der Waals surface area (Å²) in [7, 11) is 0. The van der Waals surface area contributed by atoms with Gasteiger partial charge in [-0.25, -0.2) is 0 Å². The van der Waals surface area contributed by atoms with Gasteiger partial charge < -0.3 is 10.0 Å². The van der Waals surface area contributed by atoms with Gasteiger partial charge in [0.1, 0.15) is 0 Å². The molecule has 0 radical (unpaired) electrons. The summed E-state index contributed by atoms with van der Waals surface area (Å²) in [5.41, 5.74) is 0.990. The number of amides is 1. The number of likely N-dealkylation sites (N-methyl/N-ethyl adjacent to an activating group) is 1. The SMILES string of the molecule is CCN(C(=O)CN1CCC(C(C)O)CC1)c1cccc2ccccc12. The van der Waals surface area contributed by atoms with Crippen LogP contribution in [0.2, 0.25) is 0 Å². The first-order valence-electron chi connectivity index (χ1n) is 9.28. The van der Waals surface area contributed by atoms with E-state index in [1.54, 1.807) is 0 Å². The number of rotatable bonds is 5. The fraction of sp³-hybridized carbons (Fsp3) is 0.476. The zero-order valence-electron chi connectivity index (χ0n) is 15.2. The number of fused-ring (bicyclic) bond motifs is 1. The minimum atomic E-state index is -0.249. The van der Waals surface area contributed by atoms with E-state index in [0.717, 1.165) is 42.4 Å². The van der Waals surface area contributed by atoms with Crippen molar-refractivity contribution in [2.75, 3.05) is 31.1 Å². The molecule has 1 atom stereocenters. The zero-order valence-corrected chi connectivity index (χ0v) is 15.2. The van der Waals surface area contributed by atoms with Crippen LogP contribution in [0.25, 0.3) is 10.8 Å². The fourth-order valence-corrected chi connectivity index (χ4v) is 3.79. The maximum atomic E-state index is 12.9. The molecule has 1 amide bonds. The standard InChI is InChI=1S/C21H28N2O2/c1-3-23(20-10-6-8-18-7-4-5-9-19(18)20)21(25)15-22-13-11-17(12-14-22)16(2)24/h4-10,16-17,24H,3,11-15H2,1-2H3. The Morgan fingerprint density at radius 3 is 2.56 bits per heavy atom. The largest absolute Gasteiger partial charge is 0.393 e. The maximum Gasteiger partial charge on any atom is 0.241 e. The van der Waals surface area contributed by atoms with Crippen LogP contribution in [0.3, 0.4) is 0 Å². The van der Waals surface area contributed by atoms with Crippen LogP contribution in [0.15, 0.2) is 42.5 Å². The van der Waals surface area contributed by atoms with Crippen molar-refractivity contribution in [3.63, 3.8) is 0 Å². The van der Waals surface area contributed by atoms with E-state index in [9.17, 15) is 9.90 Å². The van der Waals surface area contributed by atoms with Crippen LogP contribution in [-0.2, 0) is 4.79 Å². The number of carbonyl (C=O) groups is 1. The fourth-order valence-electron chi connectivity index (χ4n) is 3.79. The molecule has 4 nitrogen and oxygen atoms in total. The highest BCUT2D eigenvalue weighted by Gasteiger charge is 2.25. The molecule has 0 bridgehead atoms. The predicted molar refractivity (Wildman–Crippen MR) is 103 cm³/mol. The Hall–Kier alpha value is -1.91. The molecular weight excluding hydrogens is 312 g/mol. The summed E-state index contributed by atoms with van der Waals surface area (Å²) in [6, 6.07) is 14.3. The number of aliphatic hydroxyl groups is 1. The zero-order chi connectivity index (χ0) is 17.8. The van der Waals surface area contributed by atoms with Gasteiger partial charge in [0.05, 0.1) is 18.3 Å². The van der Waals surface area contributed by atoms with E-state index >= 15 is 0 Å². The molecule has 0 saturated carbocycles. The molecule has 1 unspecified atom stereocenters. The Labute approximate surface area is 150 Å². The van der Waals surface area contributed by atoms with Gasteiger partial charge in [-0.3, -0.25) is 9.69 Å². The summed E-state index contributed by atoms with van der Waals surface area (Å²) in [6.45, 7) is 6.77. The van der Waals surface area contributed by atoms with Crippen molar-refractivity contribution < 1.29 is 9.90 Å². The molecule has 0 spiro atoms. The minimum Gasteiger partial charge on any atom is -0.393 e. The number of likely N-dealkylation sites (tertiary alicyclic amines) is 1. The summed E-state index contributed by atoms with van der Waals surface area (Å²) in [5, 5.41) is 12.0. The average Bonchev–Trinajstić information content (AvgIpc) is 2.63. The maximum absolute atomic E-state index is 12.9. The topological polar surface area (TPSA) is 43.8 Å². The third kappa shape index (κ3) is 4.02. The first kappa shape index (κ1) is 17.9. The van der Waals surface area contributed by atoms with Crippen molar-refractivity contribution in [2.45, 2.75) is 32.8 Å². The van der Waals surface area contributed by atoms with Crippen LogP contribution < -0.4 is 4.90 Å².